The first-order valence-electron chi connectivity index (χ1n) is 12.0. The molecule has 5 rings (SSSR count). The maximum Gasteiger partial charge on any atom is 0.335 e. The van der Waals surface area contributed by atoms with E-state index in [0.717, 1.165) is 21.2 Å². The monoisotopic (exact) mass is 569 g/mol. The number of ether oxygens (including phenoxy) is 3. The summed E-state index contributed by atoms with van der Waals surface area (Å²) in [5, 5.41) is 0. The van der Waals surface area contributed by atoms with Crippen LogP contribution < -0.4 is 9.47 Å². The van der Waals surface area contributed by atoms with Gasteiger partial charge in [0.05, 0.1) is 30.5 Å². The van der Waals surface area contributed by atoms with Crippen LogP contribution in [0.4, 0.5) is 0 Å². The number of esters is 1. The molecular formula is C31H24BrNO5. The minimum Gasteiger partial charge on any atom is -0.487 e. The topological polar surface area (TPSA) is 74.7 Å². The summed E-state index contributed by atoms with van der Waals surface area (Å²) in [6.07, 6.45) is 1.52. The zero-order chi connectivity index (χ0) is 26.5. The van der Waals surface area contributed by atoms with Gasteiger partial charge in [-0.25, -0.2) is 4.79 Å². The number of halogens is 1. The first-order chi connectivity index (χ1) is 18.6. The summed E-state index contributed by atoms with van der Waals surface area (Å²) in [6, 6.07) is 28.5. The predicted molar refractivity (Wildman–Crippen MR) is 147 cm³/mol. The molecule has 2 unspecified atom stereocenters. The average molecular weight is 570 g/mol. The number of carbonyl (C=O) groups is 2. The van der Waals surface area contributed by atoms with Gasteiger partial charge in [0, 0.05) is 16.1 Å². The molecule has 0 spiro atoms. The summed E-state index contributed by atoms with van der Waals surface area (Å²) in [5.74, 6) is -0.788. The second-order valence-electron chi connectivity index (χ2n) is 8.68. The Kier molecular flexibility index (Phi) is 7.65. The molecule has 2 heterocycles. The van der Waals surface area contributed by atoms with Gasteiger partial charge >= 0.3 is 5.97 Å². The van der Waals surface area contributed by atoms with Gasteiger partial charge in [-0.2, -0.15) is 0 Å². The van der Waals surface area contributed by atoms with Gasteiger partial charge in [0.1, 0.15) is 24.4 Å². The van der Waals surface area contributed by atoms with E-state index >= 15 is 0 Å². The standard InChI is InChI=1S/C31H24BrNO5/c1-36-31(35)28-25(18-34)29-26(16-24(17-33-29)37-19-20-8-4-2-5-9-20)38-30(22-12-14-23(32)15-13-22)27(28)21-10-6-3-7-11-21/h2-18,25,30H,19H2,1H3. The van der Waals surface area contributed by atoms with Gasteiger partial charge in [-0.1, -0.05) is 88.7 Å². The molecule has 0 radical (unpaired) electrons. The molecule has 190 valence electrons. The van der Waals surface area contributed by atoms with Crippen molar-refractivity contribution in [1.29, 1.82) is 0 Å². The minimum atomic E-state index is -1.00. The van der Waals surface area contributed by atoms with Crippen LogP contribution in [0.2, 0.25) is 0 Å². The number of aromatic nitrogens is 1. The van der Waals surface area contributed by atoms with Crippen LogP contribution in [0, 0.1) is 0 Å². The maximum atomic E-state index is 13.3. The van der Waals surface area contributed by atoms with Crippen LogP contribution in [-0.4, -0.2) is 24.3 Å². The molecule has 3 aromatic carbocycles. The lowest BCUT2D eigenvalue weighted by Crippen LogP contribution is -2.18. The highest BCUT2D eigenvalue weighted by Gasteiger charge is 2.38. The minimum absolute atomic E-state index is 0.186. The molecule has 1 aromatic heterocycles. The van der Waals surface area contributed by atoms with Crippen molar-refractivity contribution < 1.29 is 23.8 Å². The van der Waals surface area contributed by atoms with Crippen LogP contribution >= 0.6 is 15.9 Å². The predicted octanol–water partition coefficient (Wildman–Crippen LogP) is 6.47. The number of rotatable bonds is 7. The highest BCUT2D eigenvalue weighted by atomic mass is 79.9. The number of hydrogen-bond donors (Lipinski definition) is 0. The third kappa shape index (κ3) is 5.24. The van der Waals surface area contributed by atoms with E-state index in [1.807, 2.05) is 84.9 Å². The summed E-state index contributed by atoms with van der Waals surface area (Å²) < 4.78 is 18.7. The number of aldehydes is 1. The molecule has 1 aliphatic heterocycles. The van der Waals surface area contributed by atoms with Crippen LogP contribution in [0.15, 0.2) is 107 Å². The fourth-order valence-electron chi connectivity index (χ4n) is 4.49. The van der Waals surface area contributed by atoms with Crippen molar-refractivity contribution in [3.63, 3.8) is 0 Å². The number of carbonyl (C=O) groups excluding carboxylic acids is 2. The Balaban J connectivity index is 1.67. The van der Waals surface area contributed by atoms with Gasteiger partial charge < -0.3 is 19.0 Å². The Bertz CT molecular complexity index is 1470. The highest BCUT2D eigenvalue weighted by molar-refractivity contribution is 9.10. The lowest BCUT2D eigenvalue weighted by atomic mass is 9.85. The Morgan fingerprint density at radius 2 is 1.68 bits per heavy atom. The third-order valence-electron chi connectivity index (χ3n) is 6.31. The quantitative estimate of drug-likeness (QED) is 0.188. The molecular weight excluding hydrogens is 546 g/mol. The zero-order valence-electron chi connectivity index (χ0n) is 20.5. The van der Waals surface area contributed by atoms with E-state index in [-0.39, 0.29) is 5.57 Å². The van der Waals surface area contributed by atoms with Crippen molar-refractivity contribution in [3.05, 3.63) is 130 Å². The second-order valence-corrected chi connectivity index (χ2v) is 9.59. The maximum absolute atomic E-state index is 13.3. The normalized spacial score (nSPS) is 16.6. The number of nitrogens with zero attached hydrogens (tertiary/aromatic N) is 1. The van der Waals surface area contributed by atoms with Gasteiger partial charge in [0.25, 0.3) is 0 Å². The van der Waals surface area contributed by atoms with Crippen molar-refractivity contribution in [2.24, 2.45) is 0 Å². The van der Waals surface area contributed by atoms with Crippen LogP contribution in [0.5, 0.6) is 11.5 Å². The molecule has 0 amide bonds. The zero-order valence-corrected chi connectivity index (χ0v) is 22.1. The largest absolute Gasteiger partial charge is 0.487 e. The van der Waals surface area contributed by atoms with Gasteiger partial charge in [0.15, 0.2) is 6.10 Å². The molecule has 2 atom stereocenters. The molecule has 6 nitrogen and oxygen atoms in total. The van der Waals surface area contributed by atoms with E-state index in [4.69, 9.17) is 14.2 Å². The van der Waals surface area contributed by atoms with Gasteiger partial charge in [-0.15, -0.1) is 0 Å². The SMILES string of the molecule is COC(=O)C1=C(c2ccccc2)C(c2ccc(Br)cc2)Oc2cc(OCc3ccccc3)cnc2C1C=O. The fraction of sp³-hybridized carbons (Fsp3) is 0.129. The van der Waals surface area contributed by atoms with Crippen molar-refractivity contribution in [1.82, 2.24) is 4.98 Å². The van der Waals surface area contributed by atoms with E-state index in [0.29, 0.717) is 35.7 Å². The van der Waals surface area contributed by atoms with E-state index < -0.39 is 18.0 Å². The van der Waals surface area contributed by atoms with Crippen LogP contribution in [0.1, 0.15) is 34.4 Å². The number of pyridine rings is 1. The highest BCUT2D eigenvalue weighted by Crippen LogP contribution is 2.47. The molecule has 4 aromatic rings. The first kappa shape index (κ1) is 25.4. The van der Waals surface area contributed by atoms with Crippen molar-refractivity contribution in [3.8, 4) is 11.5 Å². The van der Waals surface area contributed by atoms with Crippen LogP contribution in [0.25, 0.3) is 5.57 Å². The lowest BCUT2D eigenvalue weighted by molar-refractivity contribution is -0.136. The summed E-state index contributed by atoms with van der Waals surface area (Å²) in [7, 11) is 1.30. The molecule has 7 heteroatoms. The van der Waals surface area contributed by atoms with Crippen LogP contribution in [-0.2, 0) is 20.9 Å². The molecule has 0 saturated carbocycles. The number of benzene rings is 3. The van der Waals surface area contributed by atoms with Crippen molar-refractivity contribution >= 4 is 33.8 Å². The Labute approximate surface area is 229 Å². The lowest BCUT2D eigenvalue weighted by Gasteiger charge is -2.23. The molecule has 0 N–H and O–H groups in total. The summed E-state index contributed by atoms with van der Waals surface area (Å²) in [6.45, 7) is 0.343. The summed E-state index contributed by atoms with van der Waals surface area (Å²) >= 11 is 3.48. The van der Waals surface area contributed by atoms with Gasteiger partial charge in [-0.05, 0) is 28.8 Å². The van der Waals surface area contributed by atoms with E-state index in [2.05, 4.69) is 20.9 Å². The van der Waals surface area contributed by atoms with Crippen molar-refractivity contribution in [2.75, 3.05) is 7.11 Å². The molecule has 0 saturated heterocycles. The molecule has 0 bridgehead atoms. The van der Waals surface area contributed by atoms with Crippen LogP contribution in [0.3, 0.4) is 0 Å². The Morgan fingerprint density at radius 3 is 2.34 bits per heavy atom. The molecule has 0 aliphatic carbocycles. The van der Waals surface area contributed by atoms with Gasteiger partial charge in [-0.3, -0.25) is 4.98 Å². The Hall–Kier alpha value is -4.23. The molecule has 1 aliphatic rings. The fourth-order valence-corrected chi connectivity index (χ4v) is 4.76. The van der Waals surface area contributed by atoms with E-state index in [1.165, 1.54) is 7.11 Å². The van der Waals surface area contributed by atoms with E-state index in [9.17, 15) is 9.59 Å². The summed E-state index contributed by atoms with van der Waals surface area (Å²) in [4.78, 5) is 30.4. The van der Waals surface area contributed by atoms with Gasteiger partial charge in [0.2, 0.25) is 0 Å². The summed E-state index contributed by atoms with van der Waals surface area (Å²) in [5.41, 5.74) is 3.58. The smallest absolute Gasteiger partial charge is 0.335 e. The molecule has 0 fully saturated rings. The first-order valence-corrected chi connectivity index (χ1v) is 12.8. The average Bonchev–Trinajstić information content (AvgIpc) is 3.11. The molecule has 38 heavy (non-hydrogen) atoms. The Morgan fingerprint density at radius 1 is 1.00 bits per heavy atom. The third-order valence-corrected chi connectivity index (χ3v) is 6.84. The number of fused-ring (bicyclic) bond motifs is 1. The van der Waals surface area contributed by atoms with Crippen molar-refractivity contribution in [2.45, 2.75) is 18.6 Å². The number of hydrogen-bond acceptors (Lipinski definition) is 6. The van der Waals surface area contributed by atoms with E-state index in [1.54, 1.807) is 12.3 Å². The second kappa shape index (κ2) is 11.4. The number of methoxy groups -OCH3 is 1.